The van der Waals surface area contributed by atoms with Crippen molar-refractivity contribution in [2.45, 2.75) is 19.8 Å². The number of methoxy groups -OCH3 is 1. The zero-order chi connectivity index (χ0) is 18.8. The first-order chi connectivity index (χ1) is 13.1. The summed E-state index contributed by atoms with van der Waals surface area (Å²) in [6.07, 6.45) is 2.86. The molecular formula is C19H20N4O4. The van der Waals surface area contributed by atoms with Crippen LogP contribution in [-0.2, 0) is 6.42 Å². The molecule has 3 aromatic rings. The van der Waals surface area contributed by atoms with Crippen LogP contribution in [0.15, 0.2) is 39.6 Å². The Kier molecular flexibility index (Phi) is 4.62. The number of aromatic nitrogens is 3. The number of carbonyl (C=O) groups is 1. The van der Waals surface area contributed by atoms with Crippen LogP contribution < -0.4 is 4.74 Å². The van der Waals surface area contributed by atoms with Gasteiger partial charge in [0, 0.05) is 25.1 Å². The summed E-state index contributed by atoms with van der Waals surface area (Å²) in [7, 11) is 1.62. The molecule has 1 aliphatic rings. The summed E-state index contributed by atoms with van der Waals surface area (Å²) in [5.74, 6) is 2.40. The monoisotopic (exact) mass is 368 g/mol. The van der Waals surface area contributed by atoms with Crippen molar-refractivity contribution in [2.75, 3.05) is 20.2 Å². The number of aryl methyl sites for hydroxylation is 1. The predicted molar refractivity (Wildman–Crippen MR) is 95.2 cm³/mol. The Morgan fingerprint density at radius 3 is 2.85 bits per heavy atom. The molecule has 1 saturated heterocycles. The molecule has 3 heterocycles. The number of amides is 1. The van der Waals surface area contributed by atoms with Crippen molar-refractivity contribution in [1.29, 1.82) is 0 Å². The Morgan fingerprint density at radius 1 is 1.33 bits per heavy atom. The van der Waals surface area contributed by atoms with Crippen molar-refractivity contribution in [3.05, 3.63) is 47.9 Å². The standard InChI is InChI=1S/C19H20N4O4/c1-12-17(26-11-20-12)19(24)23-8-7-13(10-23)9-16-21-18(27-22-16)14-3-5-15(25-2)6-4-14/h3-6,11,13H,7-10H2,1-2H3. The number of benzene rings is 1. The number of ether oxygens (including phenoxy) is 1. The summed E-state index contributed by atoms with van der Waals surface area (Å²) in [5.41, 5.74) is 1.46. The van der Waals surface area contributed by atoms with E-state index in [1.165, 1.54) is 6.39 Å². The quantitative estimate of drug-likeness (QED) is 0.683. The van der Waals surface area contributed by atoms with Gasteiger partial charge in [0.15, 0.2) is 12.2 Å². The van der Waals surface area contributed by atoms with E-state index < -0.39 is 0 Å². The Morgan fingerprint density at radius 2 is 2.15 bits per heavy atom. The normalized spacial score (nSPS) is 16.7. The highest BCUT2D eigenvalue weighted by Crippen LogP contribution is 2.25. The molecule has 8 heteroatoms. The smallest absolute Gasteiger partial charge is 0.291 e. The molecule has 1 aliphatic heterocycles. The first-order valence-corrected chi connectivity index (χ1v) is 8.80. The number of oxazole rings is 1. The van der Waals surface area contributed by atoms with Crippen LogP contribution >= 0.6 is 0 Å². The molecule has 0 bridgehead atoms. The first kappa shape index (κ1) is 17.3. The lowest BCUT2D eigenvalue weighted by atomic mass is 10.1. The Bertz CT molecular complexity index is 931. The predicted octanol–water partition coefficient (Wildman–Crippen LogP) is 2.75. The molecule has 1 amide bonds. The van der Waals surface area contributed by atoms with Gasteiger partial charge in [-0.05, 0) is 43.5 Å². The molecule has 8 nitrogen and oxygen atoms in total. The van der Waals surface area contributed by atoms with Crippen molar-refractivity contribution in [2.24, 2.45) is 5.92 Å². The average Bonchev–Trinajstić information content (AvgIpc) is 3.43. The molecule has 0 N–H and O–H groups in total. The lowest BCUT2D eigenvalue weighted by Crippen LogP contribution is -2.29. The van der Waals surface area contributed by atoms with Crippen LogP contribution in [-0.4, -0.2) is 46.1 Å². The maximum Gasteiger partial charge on any atom is 0.291 e. The third-order valence-corrected chi connectivity index (χ3v) is 4.79. The van der Waals surface area contributed by atoms with Crippen molar-refractivity contribution in [3.63, 3.8) is 0 Å². The minimum absolute atomic E-state index is 0.112. The van der Waals surface area contributed by atoms with Crippen molar-refractivity contribution >= 4 is 5.91 Å². The zero-order valence-corrected chi connectivity index (χ0v) is 15.2. The molecular weight excluding hydrogens is 348 g/mol. The van der Waals surface area contributed by atoms with E-state index in [0.717, 1.165) is 17.7 Å². The summed E-state index contributed by atoms with van der Waals surface area (Å²) in [4.78, 5) is 22.8. The Labute approximate surface area is 156 Å². The molecule has 0 aliphatic carbocycles. The molecule has 1 aromatic carbocycles. The second kappa shape index (κ2) is 7.22. The van der Waals surface area contributed by atoms with E-state index in [1.54, 1.807) is 18.9 Å². The van der Waals surface area contributed by atoms with Gasteiger partial charge in [-0.1, -0.05) is 5.16 Å². The lowest BCUT2D eigenvalue weighted by Gasteiger charge is -2.14. The number of hydrogen-bond acceptors (Lipinski definition) is 7. The molecule has 1 fully saturated rings. The van der Waals surface area contributed by atoms with Crippen LogP contribution in [0, 0.1) is 12.8 Å². The molecule has 4 rings (SSSR count). The van der Waals surface area contributed by atoms with Gasteiger partial charge in [-0.15, -0.1) is 0 Å². The fraction of sp³-hybridized carbons (Fsp3) is 0.368. The SMILES string of the molecule is COc1ccc(-c2nc(CC3CCN(C(=O)c4ocnc4C)C3)no2)cc1. The molecule has 0 radical (unpaired) electrons. The van der Waals surface area contributed by atoms with Gasteiger partial charge in [0.25, 0.3) is 11.8 Å². The van der Waals surface area contributed by atoms with Gasteiger partial charge in [0.2, 0.25) is 5.76 Å². The molecule has 0 saturated carbocycles. The minimum Gasteiger partial charge on any atom is -0.497 e. The second-order valence-electron chi connectivity index (χ2n) is 6.62. The van der Waals surface area contributed by atoms with E-state index in [0.29, 0.717) is 48.6 Å². The van der Waals surface area contributed by atoms with Gasteiger partial charge in [0.05, 0.1) is 12.8 Å². The molecule has 140 valence electrons. The molecule has 27 heavy (non-hydrogen) atoms. The highest BCUT2D eigenvalue weighted by atomic mass is 16.5. The third kappa shape index (κ3) is 3.55. The molecule has 1 atom stereocenters. The maximum absolute atomic E-state index is 12.5. The largest absolute Gasteiger partial charge is 0.497 e. The Balaban J connectivity index is 1.38. The van der Waals surface area contributed by atoms with E-state index in [1.807, 2.05) is 24.3 Å². The van der Waals surface area contributed by atoms with Gasteiger partial charge < -0.3 is 18.6 Å². The highest BCUT2D eigenvalue weighted by molar-refractivity contribution is 5.92. The van der Waals surface area contributed by atoms with Crippen LogP contribution in [0.5, 0.6) is 5.75 Å². The minimum atomic E-state index is -0.112. The lowest BCUT2D eigenvalue weighted by molar-refractivity contribution is 0.0754. The van der Waals surface area contributed by atoms with E-state index in [4.69, 9.17) is 13.7 Å². The summed E-state index contributed by atoms with van der Waals surface area (Å²) >= 11 is 0. The van der Waals surface area contributed by atoms with Crippen LogP contribution in [0.2, 0.25) is 0 Å². The van der Waals surface area contributed by atoms with E-state index in [9.17, 15) is 4.79 Å². The third-order valence-electron chi connectivity index (χ3n) is 4.79. The zero-order valence-electron chi connectivity index (χ0n) is 15.2. The van der Waals surface area contributed by atoms with E-state index in [2.05, 4.69) is 15.1 Å². The maximum atomic E-state index is 12.5. The van der Waals surface area contributed by atoms with Crippen LogP contribution in [0.3, 0.4) is 0 Å². The topological polar surface area (TPSA) is 94.5 Å². The molecule has 1 unspecified atom stereocenters. The second-order valence-corrected chi connectivity index (χ2v) is 6.62. The highest BCUT2D eigenvalue weighted by Gasteiger charge is 2.30. The van der Waals surface area contributed by atoms with Gasteiger partial charge in [-0.2, -0.15) is 4.98 Å². The van der Waals surface area contributed by atoms with Crippen LogP contribution in [0.4, 0.5) is 0 Å². The summed E-state index contributed by atoms with van der Waals surface area (Å²) < 4.78 is 15.7. The average molecular weight is 368 g/mol. The summed E-state index contributed by atoms with van der Waals surface area (Å²) in [6.45, 7) is 3.10. The van der Waals surface area contributed by atoms with Crippen molar-refractivity contribution < 1.29 is 18.5 Å². The number of likely N-dealkylation sites (tertiary alicyclic amines) is 1. The van der Waals surface area contributed by atoms with Gasteiger partial charge >= 0.3 is 0 Å². The number of carbonyl (C=O) groups excluding carboxylic acids is 1. The van der Waals surface area contributed by atoms with Crippen LogP contribution in [0.1, 0.15) is 28.5 Å². The number of hydrogen-bond donors (Lipinski definition) is 0. The summed E-state index contributed by atoms with van der Waals surface area (Å²) in [5, 5.41) is 4.08. The fourth-order valence-electron chi connectivity index (χ4n) is 3.28. The fourth-order valence-corrected chi connectivity index (χ4v) is 3.28. The van der Waals surface area contributed by atoms with Crippen molar-refractivity contribution in [1.82, 2.24) is 20.0 Å². The first-order valence-electron chi connectivity index (χ1n) is 8.80. The van der Waals surface area contributed by atoms with E-state index in [-0.39, 0.29) is 5.91 Å². The number of rotatable bonds is 5. The van der Waals surface area contributed by atoms with Crippen LogP contribution in [0.25, 0.3) is 11.5 Å². The number of nitrogens with zero attached hydrogens (tertiary/aromatic N) is 4. The van der Waals surface area contributed by atoms with E-state index >= 15 is 0 Å². The molecule has 2 aromatic heterocycles. The summed E-state index contributed by atoms with van der Waals surface area (Å²) in [6, 6.07) is 7.47. The molecule has 0 spiro atoms. The van der Waals surface area contributed by atoms with Gasteiger partial charge in [-0.25, -0.2) is 4.98 Å². The van der Waals surface area contributed by atoms with Gasteiger partial charge in [-0.3, -0.25) is 4.79 Å². The van der Waals surface area contributed by atoms with Crippen molar-refractivity contribution in [3.8, 4) is 17.2 Å². The van der Waals surface area contributed by atoms with Gasteiger partial charge in [0.1, 0.15) is 5.75 Å². The Hall–Kier alpha value is -3.16.